The van der Waals surface area contributed by atoms with Gasteiger partial charge in [-0.2, -0.15) is 0 Å². The molecule has 4 aromatic rings. The van der Waals surface area contributed by atoms with Gasteiger partial charge in [0.2, 0.25) is 0 Å². The number of fused-ring (bicyclic) bond motifs is 3. The summed E-state index contributed by atoms with van der Waals surface area (Å²) in [5.41, 5.74) is 3.43. The molecule has 0 bridgehead atoms. The number of pyridine rings is 1. The topological polar surface area (TPSA) is 69.7 Å². The third-order valence-corrected chi connectivity index (χ3v) is 5.30. The van der Waals surface area contributed by atoms with Crippen LogP contribution in [0.25, 0.3) is 33.1 Å². The Labute approximate surface area is 157 Å². The molecular formula is C21H19BN2O3. The van der Waals surface area contributed by atoms with Crippen LogP contribution in [-0.2, 0) is 0 Å². The van der Waals surface area contributed by atoms with Gasteiger partial charge in [-0.15, -0.1) is 0 Å². The van der Waals surface area contributed by atoms with Crippen molar-refractivity contribution in [3.8, 4) is 11.1 Å². The fourth-order valence-corrected chi connectivity index (χ4v) is 3.90. The molecule has 0 spiro atoms. The number of furan rings is 1. The van der Waals surface area contributed by atoms with Crippen LogP contribution in [0, 0.1) is 0 Å². The second-order valence-corrected chi connectivity index (χ2v) is 7.01. The van der Waals surface area contributed by atoms with Crippen LogP contribution in [0.5, 0.6) is 0 Å². The van der Waals surface area contributed by atoms with Crippen LogP contribution >= 0.6 is 0 Å². The van der Waals surface area contributed by atoms with E-state index in [0.717, 1.165) is 46.4 Å². The Morgan fingerprint density at radius 3 is 2.48 bits per heavy atom. The summed E-state index contributed by atoms with van der Waals surface area (Å²) in [6.45, 7) is 2.11. The third kappa shape index (κ3) is 2.78. The molecule has 27 heavy (non-hydrogen) atoms. The molecule has 134 valence electrons. The lowest BCUT2D eigenvalue weighted by atomic mass is 9.78. The van der Waals surface area contributed by atoms with E-state index in [0.29, 0.717) is 11.0 Å². The SMILES string of the molecule is OB(O)c1cc(-c2ccc(N3CCCC3)nc2)cc2c1oc1ccccc12. The highest BCUT2D eigenvalue weighted by molar-refractivity contribution is 6.62. The zero-order chi connectivity index (χ0) is 18.4. The first-order valence-corrected chi connectivity index (χ1v) is 9.23. The second kappa shape index (κ2) is 6.41. The predicted molar refractivity (Wildman–Crippen MR) is 108 cm³/mol. The molecule has 0 radical (unpaired) electrons. The molecule has 0 aliphatic carbocycles. The summed E-state index contributed by atoms with van der Waals surface area (Å²) in [4.78, 5) is 6.91. The molecule has 2 aromatic heterocycles. The average molecular weight is 358 g/mol. The first kappa shape index (κ1) is 16.4. The van der Waals surface area contributed by atoms with Gasteiger partial charge in [0.15, 0.2) is 0 Å². The average Bonchev–Trinajstić information content (AvgIpc) is 3.35. The van der Waals surface area contributed by atoms with E-state index < -0.39 is 7.12 Å². The van der Waals surface area contributed by atoms with E-state index in [1.807, 2.05) is 48.7 Å². The molecule has 5 rings (SSSR count). The molecule has 1 aliphatic rings. The molecule has 0 amide bonds. The van der Waals surface area contributed by atoms with Crippen molar-refractivity contribution < 1.29 is 14.5 Å². The summed E-state index contributed by atoms with van der Waals surface area (Å²) in [6.07, 6.45) is 4.28. The highest BCUT2D eigenvalue weighted by atomic mass is 16.4. The van der Waals surface area contributed by atoms with Crippen molar-refractivity contribution in [2.45, 2.75) is 12.8 Å². The standard InChI is InChI=1S/C21H19BN2O3/c25-22(26)18-12-15(11-17-16-5-1-2-6-19(16)27-21(17)18)14-7-8-20(23-13-14)24-9-3-4-10-24/h1-2,5-8,11-13,25-26H,3-4,9-10H2. The van der Waals surface area contributed by atoms with Gasteiger partial charge in [0.1, 0.15) is 17.0 Å². The van der Waals surface area contributed by atoms with Gasteiger partial charge in [-0.25, -0.2) is 4.98 Å². The van der Waals surface area contributed by atoms with Crippen LogP contribution in [0.3, 0.4) is 0 Å². The van der Waals surface area contributed by atoms with Crippen molar-refractivity contribution in [1.29, 1.82) is 0 Å². The molecule has 1 fully saturated rings. The number of hydrogen-bond donors (Lipinski definition) is 2. The van der Waals surface area contributed by atoms with Crippen molar-refractivity contribution in [3.05, 3.63) is 54.7 Å². The molecule has 0 saturated carbocycles. The van der Waals surface area contributed by atoms with Gasteiger partial charge >= 0.3 is 7.12 Å². The number of nitrogens with zero attached hydrogens (tertiary/aromatic N) is 2. The van der Waals surface area contributed by atoms with Gasteiger partial charge < -0.3 is 19.4 Å². The van der Waals surface area contributed by atoms with E-state index in [1.165, 1.54) is 12.8 Å². The summed E-state index contributed by atoms with van der Waals surface area (Å²) in [5.74, 6) is 0.994. The Kier molecular flexibility index (Phi) is 3.88. The van der Waals surface area contributed by atoms with Crippen LogP contribution in [0.1, 0.15) is 12.8 Å². The van der Waals surface area contributed by atoms with E-state index in [4.69, 9.17) is 4.42 Å². The summed E-state index contributed by atoms with van der Waals surface area (Å²) in [7, 11) is -1.61. The van der Waals surface area contributed by atoms with Crippen LogP contribution in [0.2, 0.25) is 0 Å². The first-order valence-electron chi connectivity index (χ1n) is 9.23. The van der Waals surface area contributed by atoms with Crippen molar-refractivity contribution in [1.82, 2.24) is 4.98 Å². The maximum Gasteiger partial charge on any atom is 0.492 e. The van der Waals surface area contributed by atoms with Gasteiger partial charge in [-0.1, -0.05) is 24.3 Å². The van der Waals surface area contributed by atoms with Gasteiger partial charge in [0.25, 0.3) is 0 Å². The lowest BCUT2D eigenvalue weighted by Crippen LogP contribution is -2.30. The fraction of sp³-hybridized carbons (Fsp3) is 0.190. The van der Waals surface area contributed by atoms with Crippen LogP contribution in [-0.4, -0.2) is 35.2 Å². The minimum atomic E-state index is -1.61. The number of rotatable bonds is 3. The summed E-state index contributed by atoms with van der Waals surface area (Å²) >= 11 is 0. The van der Waals surface area contributed by atoms with Crippen molar-refractivity contribution >= 4 is 40.3 Å². The predicted octanol–water partition coefficient (Wildman–Crippen LogP) is 2.93. The number of aromatic nitrogens is 1. The highest BCUT2D eigenvalue weighted by Crippen LogP contribution is 2.32. The maximum absolute atomic E-state index is 9.88. The summed E-state index contributed by atoms with van der Waals surface area (Å²) < 4.78 is 5.88. The molecule has 1 aliphatic heterocycles. The number of anilines is 1. The maximum atomic E-state index is 9.88. The lowest BCUT2D eigenvalue weighted by molar-refractivity contribution is 0.425. The van der Waals surface area contributed by atoms with Gasteiger partial charge in [0, 0.05) is 41.1 Å². The van der Waals surface area contributed by atoms with E-state index >= 15 is 0 Å². The van der Waals surface area contributed by atoms with Gasteiger partial charge in [-0.3, -0.25) is 0 Å². The minimum Gasteiger partial charge on any atom is -0.456 e. The van der Waals surface area contributed by atoms with Gasteiger partial charge in [0.05, 0.1) is 0 Å². The Balaban J connectivity index is 1.65. The Hall–Kier alpha value is -2.83. The van der Waals surface area contributed by atoms with Crippen molar-refractivity contribution in [2.24, 2.45) is 0 Å². The third-order valence-electron chi connectivity index (χ3n) is 5.30. The van der Waals surface area contributed by atoms with E-state index in [2.05, 4.69) is 9.88 Å². The Morgan fingerprint density at radius 2 is 1.74 bits per heavy atom. The second-order valence-electron chi connectivity index (χ2n) is 7.01. The number of para-hydroxylation sites is 1. The molecule has 3 heterocycles. The molecule has 0 unspecified atom stereocenters. The van der Waals surface area contributed by atoms with Gasteiger partial charge in [-0.05, 0) is 42.7 Å². The molecule has 5 nitrogen and oxygen atoms in total. The number of benzene rings is 2. The molecular weight excluding hydrogens is 339 g/mol. The smallest absolute Gasteiger partial charge is 0.456 e. The summed E-state index contributed by atoms with van der Waals surface area (Å²) in [5, 5.41) is 21.6. The van der Waals surface area contributed by atoms with E-state index in [-0.39, 0.29) is 0 Å². The van der Waals surface area contributed by atoms with Crippen molar-refractivity contribution in [2.75, 3.05) is 18.0 Å². The molecule has 1 saturated heterocycles. The zero-order valence-electron chi connectivity index (χ0n) is 14.8. The van der Waals surface area contributed by atoms with Crippen molar-refractivity contribution in [3.63, 3.8) is 0 Å². The Morgan fingerprint density at radius 1 is 0.926 bits per heavy atom. The molecule has 6 heteroatoms. The number of hydrogen-bond acceptors (Lipinski definition) is 5. The fourth-order valence-electron chi connectivity index (χ4n) is 3.90. The van der Waals surface area contributed by atoms with E-state index in [1.54, 1.807) is 6.07 Å². The van der Waals surface area contributed by atoms with E-state index in [9.17, 15) is 10.0 Å². The van der Waals surface area contributed by atoms with Crippen LogP contribution < -0.4 is 10.4 Å². The Bertz CT molecular complexity index is 1120. The highest BCUT2D eigenvalue weighted by Gasteiger charge is 2.21. The quantitative estimate of drug-likeness (QED) is 0.551. The monoisotopic (exact) mass is 358 g/mol. The largest absolute Gasteiger partial charge is 0.492 e. The summed E-state index contributed by atoms with van der Waals surface area (Å²) in [6, 6.07) is 15.6. The normalized spacial score (nSPS) is 14.4. The minimum absolute atomic E-state index is 0.363. The molecule has 2 N–H and O–H groups in total. The van der Waals surface area contributed by atoms with Crippen LogP contribution in [0.4, 0.5) is 5.82 Å². The lowest BCUT2D eigenvalue weighted by Gasteiger charge is -2.16. The molecule has 0 atom stereocenters. The first-order chi connectivity index (χ1) is 13.2. The molecule has 2 aromatic carbocycles. The zero-order valence-corrected chi connectivity index (χ0v) is 14.8. The van der Waals surface area contributed by atoms with Crippen LogP contribution in [0.15, 0.2) is 59.1 Å².